The fourth-order valence-electron chi connectivity index (χ4n) is 4.08. The number of hydrogen-bond acceptors (Lipinski definition) is 7. The zero-order valence-electron chi connectivity index (χ0n) is 18.4. The van der Waals surface area contributed by atoms with E-state index in [-0.39, 0.29) is 54.0 Å². The number of aromatic nitrogens is 2. The van der Waals surface area contributed by atoms with Crippen LogP contribution in [0.1, 0.15) is 36.1 Å². The molecule has 7 nitrogen and oxygen atoms in total. The molecule has 0 fully saturated rings. The maximum atomic E-state index is 14.8. The molecule has 0 atom stereocenters. The van der Waals surface area contributed by atoms with E-state index < -0.39 is 5.82 Å². The fraction of sp³-hybridized carbons (Fsp3) is 0.375. The molecule has 1 aliphatic carbocycles. The summed E-state index contributed by atoms with van der Waals surface area (Å²) in [6.45, 7) is 0.448. The number of carbonyl (C=O) groups excluding carboxylic acids is 1. The number of nitriles is 2. The van der Waals surface area contributed by atoms with E-state index in [4.69, 9.17) is 15.5 Å². The molecule has 0 unspecified atom stereocenters. The number of hydrogen-bond donors (Lipinski definition) is 0. The van der Waals surface area contributed by atoms with Gasteiger partial charge in [0.1, 0.15) is 10.6 Å². The molecular formula is C24H22FN5O2S2. The highest BCUT2D eigenvalue weighted by Crippen LogP contribution is 2.35. The summed E-state index contributed by atoms with van der Waals surface area (Å²) >= 11 is 2.56. The number of aryl methyl sites for hydroxylation is 2. The number of amides is 1. The molecule has 3 aromatic rings. The fourth-order valence-corrected chi connectivity index (χ4v) is 6.29. The number of fused-ring (bicyclic) bond motifs is 3. The third-order valence-electron chi connectivity index (χ3n) is 5.72. The zero-order valence-corrected chi connectivity index (χ0v) is 20.1. The third kappa shape index (κ3) is 4.84. The van der Waals surface area contributed by atoms with E-state index in [9.17, 15) is 14.0 Å². The van der Waals surface area contributed by atoms with Crippen molar-refractivity contribution < 1.29 is 9.18 Å². The minimum Gasteiger partial charge on any atom is -0.340 e. The Morgan fingerprint density at radius 1 is 1.18 bits per heavy atom. The average Bonchev–Trinajstić information content (AvgIpc) is 3.22. The molecule has 34 heavy (non-hydrogen) atoms. The van der Waals surface area contributed by atoms with Crippen LogP contribution in [-0.2, 0) is 17.6 Å². The molecule has 0 bridgehead atoms. The first-order valence-electron chi connectivity index (χ1n) is 11.0. The summed E-state index contributed by atoms with van der Waals surface area (Å²) in [5, 5.41) is 18.5. The van der Waals surface area contributed by atoms with Crippen LogP contribution in [0.4, 0.5) is 4.39 Å². The average molecular weight is 496 g/mol. The molecule has 1 amide bonds. The minimum atomic E-state index is -0.548. The second-order valence-electron chi connectivity index (χ2n) is 7.86. The van der Waals surface area contributed by atoms with Gasteiger partial charge in [-0.1, -0.05) is 23.9 Å². The topological polar surface area (TPSA) is 103 Å². The van der Waals surface area contributed by atoms with E-state index in [1.54, 1.807) is 12.1 Å². The molecule has 10 heteroatoms. The molecule has 4 rings (SSSR count). The summed E-state index contributed by atoms with van der Waals surface area (Å²) in [5.74, 6) is -0.864. The molecular weight excluding hydrogens is 473 g/mol. The monoisotopic (exact) mass is 495 g/mol. The van der Waals surface area contributed by atoms with Gasteiger partial charge < -0.3 is 4.90 Å². The first-order valence-corrected chi connectivity index (χ1v) is 12.8. The third-order valence-corrected chi connectivity index (χ3v) is 7.83. The molecule has 1 aliphatic rings. The van der Waals surface area contributed by atoms with Crippen molar-refractivity contribution in [3.63, 3.8) is 0 Å². The predicted octanol–water partition coefficient (Wildman–Crippen LogP) is 4.21. The van der Waals surface area contributed by atoms with Crippen molar-refractivity contribution in [1.29, 1.82) is 10.5 Å². The second kappa shape index (κ2) is 10.8. The Balaban J connectivity index is 1.74. The smallest absolute Gasteiger partial charge is 0.267 e. The zero-order chi connectivity index (χ0) is 24.1. The van der Waals surface area contributed by atoms with Crippen molar-refractivity contribution in [2.24, 2.45) is 0 Å². The predicted molar refractivity (Wildman–Crippen MR) is 130 cm³/mol. The number of carbonyl (C=O) groups is 1. The Morgan fingerprint density at radius 3 is 2.59 bits per heavy atom. The van der Waals surface area contributed by atoms with Gasteiger partial charge in [-0.05, 0) is 43.4 Å². The Labute approximate surface area is 204 Å². The van der Waals surface area contributed by atoms with Crippen molar-refractivity contribution in [2.75, 3.05) is 18.8 Å². The lowest BCUT2D eigenvalue weighted by Gasteiger charge is -2.20. The van der Waals surface area contributed by atoms with Crippen LogP contribution in [0.15, 0.2) is 34.2 Å². The number of rotatable bonds is 8. The van der Waals surface area contributed by atoms with E-state index in [1.165, 1.54) is 32.9 Å². The summed E-state index contributed by atoms with van der Waals surface area (Å²) in [7, 11) is 0. The van der Waals surface area contributed by atoms with Crippen molar-refractivity contribution in [1.82, 2.24) is 14.5 Å². The normalized spacial score (nSPS) is 12.7. The van der Waals surface area contributed by atoms with Crippen LogP contribution in [-0.4, -0.2) is 39.2 Å². The number of halogens is 1. The Hall–Kier alpha value is -3.21. The molecule has 2 heterocycles. The van der Waals surface area contributed by atoms with Gasteiger partial charge in [0.2, 0.25) is 5.91 Å². The van der Waals surface area contributed by atoms with Gasteiger partial charge in [0, 0.05) is 18.0 Å². The van der Waals surface area contributed by atoms with Gasteiger partial charge in [0.15, 0.2) is 5.16 Å². The van der Waals surface area contributed by atoms with Crippen LogP contribution in [0, 0.1) is 28.5 Å². The highest BCUT2D eigenvalue weighted by Gasteiger charge is 2.24. The van der Waals surface area contributed by atoms with Gasteiger partial charge >= 0.3 is 0 Å². The SMILES string of the molecule is N#CCCN(CCC#N)C(=O)CSc1nc2sc3c(c2c(=O)n1-c1ccccc1F)CCCC3. The Morgan fingerprint density at radius 2 is 1.88 bits per heavy atom. The van der Waals surface area contributed by atoms with Crippen molar-refractivity contribution >= 4 is 39.2 Å². The summed E-state index contributed by atoms with van der Waals surface area (Å²) in [6, 6.07) is 10.1. The number of nitrogens with zero attached hydrogens (tertiary/aromatic N) is 5. The molecule has 0 saturated heterocycles. The molecule has 2 aromatic heterocycles. The van der Waals surface area contributed by atoms with E-state index in [1.807, 2.05) is 12.1 Å². The Kier molecular flexibility index (Phi) is 7.61. The van der Waals surface area contributed by atoms with Gasteiger partial charge in [-0.3, -0.25) is 14.2 Å². The quantitative estimate of drug-likeness (QED) is 0.343. The van der Waals surface area contributed by atoms with Crippen LogP contribution in [0.5, 0.6) is 0 Å². The van der Waals surface area contributed by atoms with Crippen molar-refractivity contribution in [3.05, 3.63) is 50.9 Å². The van der Waals surface area contributed by atoms with Crippen LogP contribution in [0.3, 0.4) is 0 Å². The van der Waals surface area contributed by atoms with Crippen molar-refractivity contribution in [2.45, 2.75) is 43.7 Å². The molecule has 0 spiro atoms. The summed E-state index contributed by atoms with van der Waals surface area (Å²) in [4.78, 5) is 34.5. The van der Waals surface area contributed by atoms with Gasteiger partial charge in [-0.25, -0.2) is 9.37 Å². The van der Waals surface area contributed by atoms with Gasteiger partial charge in [0.05, 0.1) is 41.8 Å². The van der Waals surface area contributed by atoms with Gasteiger partial charge in [0.25, 0.3) is 5.56 Å². The summed E-state index contributed by atoms with van der Waals surface area (Å²) in [6.07, 6.45) is 4.10. The number of para-hydroxylation sites is 1. The van der Waals surface area contributed by atoms with E-state index in [0.717, 1.165) is 47.9 Å². The molecule has 1 aromatic carbocycles. The van der Waals surface area contributed by atoms with Gasteiger partial charge in [-0.15, -0.1) is 11.3 Å². The lowest BCUT2D eigenvalue weighted by Crippen LogP contribution is -2.34. The molecule has 0 aliphatic heterocycles. The molecule has 0 N–H and O–H groups in total. The minimum absolute atomic E-state index is 0.0473. The van der Waals surface area contributed by atoms with Crippen molar-refractivity contribution in [3.8, 4) is 17.8 Å². The number of thioether (sulfide) groups is 1. The van der Waals surface area contributed by atoms with Crippen LogP contribution >= 0.6 is 23.1 Å². The lowest BCUT2D eigenvalue weighted by atomic mass is 9.97. The Bertz CT molecular complexity index is 1350. The molecule has 0 radical (unpaired) electrons. The summed E-state index contributed by atoms with van der Waals surface area (Å²) in [5.41, 5.74) is 0.786. The van der Waals surface area contributed by atoms with E-state index in [2.05, 4.69) is 0 Å². The molecule has 174 valence electrons. The number of thiophene rings is 1. The maximum Gasteiger partial charge on any atom is 0.267 e. The van der Waals surface area contributed by atoms with E-state index >= 15 is 0 Å². The largest absolute Gasteiger partial charge is 0.340 e. The first kappa shape index (κ1) is 23.9. The van der Waals surface area contributed by atoms with Crippen LogP contribution in [0.25, 0.3) is 15.9 Å². The number of benzene rings is 1. The van der Waals surface area contributed by atoms with E-state index in [0.29, 0.717) is 10.2 Å². The first-order chi connectivity index (χ1) is 16.5. The lowest BCUT2D eigenvalue weighted by molar-refractivity contribution is -0.128. The second-order valence-corrected chi connectivity index (χ2v) is 9.89. The van der Waals surface area contributed by atoms with Crippen LogP contribution in [0.2, 0.25) is 0 Å². The van der Waals surface area contributed by atoms with Gasteiger partial charge in [-0.2, -0.15) is 10.5 Å². The highest BCUT2D eigenvalue weighted by atomic mass is 32.2. The maximum absolute atomic E-state index is 14.8. The van der Waals surface area contributed by atoms with Crippen LogP contribution < -0.4 is 5.56 Å². The summed E-state index contributed by atoms with van der Waals surface area (Å²) < 4.78 is 16.0. The highest BCUT2D eigenvalue weighted by molar-refractivity contribution is 7.99. The standard InChI is InChI=1S/C24H22FN5O2S2/c25-17-8-2-3-9-18(17)30-23(32)21-16-7-1-4-10-19(16)34-22(21)28-24(30)33-15-20(31)29(13-5-11-26)14-6-12-27/h2-3,8-9H,1,4-7,10,13-15H2. The molecule has 0 saturated carbocycles.